The number of benzene rings is 2. The highest BCUT2D eigenvalue weighted by Crippen LogP contribution is 2.35. The van der Waals surface area contributed by atoms with Crippen molar-refractivity contribution in [1.29, 1.82) is 0 Å². The average molecular weight is 496 g/mol. The van der Waals surface area contributed by atoms with E-state index in [1.165, 1.54) is 16.6 Å². The van der Waals surface area contributed by atoms with E-state index in [0.717, 1.165) is 52.7 Å². The number of thioether (sulfide) groups is 1. The molecule has 4 aromatic rings. The molecule has 168 valence electrons. The first-order valence-corrected chi connectivity index (χ1v) is 13.0. The smallest absolute Gasteiger partial charge is 0.267 e. The van der Waals surface area contributed by atoms with Crippen molar-refractivity contribution in [1.82, 2.24) is 9.55 Å². The molecule has 1 amide bonds. The van der Waals surface area contributed by atoms with Crippen LogP contribution < -0.4 is 10.9 Å². The molecule has 0 saturated heterocycles. The molecular formula is C25H22ClN3O2S2. The van der Waals surface area contributed by atoms with Crippen LogP contribution in [-0.2, 0) is 17.6 Å². The van der Waals surface area contributed by atoms with Gasteiger partial charge in [0.2, 0.25) is 5.91 Å². The molecule has 33 heavy (non-hydrogen) atoms. The molecule has 8 heteroatoms. The fourth-order valence-corrected chi connectivity index (χ4v) is 6.44. The topological polar surface area (TPSA) is 64.0 Å². The third-order valence-electron chi connectivity index (χ3n) is 5.85. The van der Waals surface area contributed by atoms with E-state index in [1.54, 1.807) is 28.0 Å². The molecule has 0 radical (unpaired) electrons. The molecule has 5 nitrogen and oxygen atoms in total. The minimum atomic E-state index is -0.176. The molecule has 1 aliphatic rings. The van der Waals surface area contributed by atoms with Crippen LogP contribution in [0.3, 0.4) is 0 Å². The maximum absolute atomic E-state index is 13.7. The summed E-state index contributed by atoms with van der Waals surface area (Å²) in [7, 11) is 0. The molecule has 0 bridgehead atoms. The summed E-state index contributed by atoms with van der Waals surface area (Å²) >= 11 is 9.06. The first kappa shape index (κ1) is 22.2. The molecule has 1 N–H and O–H groups in total. The molecule has 2 heterocycles. The van der Waals surface area contributed by atoms with Crippen LogP contribution in [0.5, 0.6) is 0 Å². The van der Waals surface area contributed by atoms with Crippen LogP contribution >= 0.6 is 34.7 Å². The minimum Gasteiger partial charge on any atom is -0.325 e. The number of fused-ring (bicyclic) bond motifs is 3. The third kappa shape index (κ3) is 4.33. The van der Waals surface area contributed by atoms with Gasteiger partial charge < -0.3 is 5.32 Å². The zero-order valence-electron chi connectivity index (χ0n) is 18.1. The number of hydrogen-bond acceptors (Lipinski definition) is 5. The van der Waals surface area contributed by atoms with Crippen molar-refractivity contribution >= 4 is 56.5 Å². The Morgan fingerprint density at radius 1 is 1.15 bits per heavy atom. The third-order valence-corrected chi connectivity index (χ3v) is 8.38. The van der Waals surface area contributed by atoms with Crippen LogP contribution in [0.25, 0.3) is 15.9 Å². The van der Waals surface area contributed by atoms with Crippen molar-refractivity contribution in [3.63, 3.8) is 0 Å². The summed E-state index contributed by atoms with van der Waals surface area (Å²) in [4.78, 5) is 33.3. The lowest BCUT2D eigenvalue weighted by Gasteiger charge is -2.14. The summed E-state index contributed by atoms with van der Waals surface area (Å²) in [6.45, 7) is 1.87. The standard InChI is InChI=1S/C25H22ClN3O2S2/c1-15-18(26)11-7-12-19(15)27-21(30)14-32-25-28-23-22(17-10-5-6-13-20(17)33-23)24(31)29(25)16-8-3-2-4-9-16/h2-4,7-9,11-12H,5-6,10,13-14H2,1H3,(H,27,30). The molecule has 1 aliphatic carbocycles. The van der Waals surface area contributed by atoms with Gasteiger partial charge in [-0.25, -0.2) is 4.98 Å². The molecule has 2 aromatic heterocycles. The summed E-state index contributed by atoms with van der Waals surface area (Å²) in [5, 5.41) is 4.78. The molecule has 0 aliphatic heterocycles. The molecule has 0 atom stereocenters. The van der Waals surface area contributed by atoms with Crippen LogP contribution in [0.1, 0.15) is 28.8 Å². The van der Waals surface area contributed by atoms with E-state index in [4.69, 9.17) is 16.6 Å². The number of rotatable bonds is 5. The number of carbonyl (C=O) groups excluding carboxylic acids is 1. The van der Waals surface area contributed by atoms with Gasteiger partial charge in [-0.05, 0) is 68.0 Å². The summed E-state index contributed by atoms with van der Waals surface area (Å²) in [5.74, 6) is -0.0493. The largest absolute Gasteiger partial charge is 0.325 e. The normalized spacial score (nSPS) is 13.2. The molecule has 2 aromatic carbocycles. The Balaban J connectivity index is 1.51. The maximum Gasteiger partial charge on any atom is 0.267 e. The number of halogens is 1. The summed E-state index contributed by atoms with van der Waals surface area (Å²) < 4.78 is 1.65. The Kier molecular flexibility index (Phi) is 6.27. The number of amides is 1. The predicted molar refractivity (Wildman–Crippen MR) is 137 cm³/mol. The molecule has 0 spiro atoms. The number of thiophene rings is 1. The Labute approximate surface area is 204 Å². The fraction of sp³-hybridized carbons (Fsp3) is 0.240. The Bertz CT molecular complexity index is 1410. The van der Waals surface area contributed by atoms with Crippen LogP contribution in [0.2, 0.25) is 5.02 Å². The molecular weight excluding hydrogens is 474 g/mol. The van der Waals surface area contributed by atoms with E-state index >= 15 is 0 Å². The number of hydrogen-bond donors (Lipinski definition) is 1. The van der Waals surface area contributed by atoms with Crippen molar-refractivity contribution in [2.24, 2.45) is 0 Å². The van der Waals surface area contributed by atoms with Crippen molar-refractivity contribution < 1.29 is 4.79 Å². The van der Waals surface area contributed by atoms with Gasteiger partial charge in [0.15, 0.2) is 5.16 Å². The quantitative estimate of drug-likeness (QED) is 0.271. The molecule has 0 saturated carbocycles. The summed E-state index contributed by atoms with van der Waals surface area (Å²) in [6, 6.07) is 14.9. The van der Waals surface area contributed by atoms with Crippen LogP contribution in [0, 0.1) is 6.92 Å². The highest BCUT2D eigenvalue weighted by atomic mass is 35.5. The summed E-state index contributed by atoms with van der Waals surface area (Å²) in [6.07, 6.45) is 4.18. The van der Waals surface area contributed by atoms with Gasteiger partial charge in [-0.3, -0.25) is 14.2 Å². The van der Waals surface area contributed by atoms with Gasteiger partial charge in [0, 0.05) is 15.6 Å². The predicted octanol–water partition coefficient (Wildman–Crippen LogP) is 6.02. The van der Waals surface area contributed by atoms with Crippen molar-refractivity contribution in [2.75, 3.05) is 11.1 Å². The van der Waals surface area contributed by atoms with Crippen LogP contribution in [-0.4, -0.2) is 21.2 Å². The number of nitrogens with zero attached hydrogens (tertiary/aromatic N) is 2. The highest BCUT2D eigenvalue weighted by Gasteiger charge is 2.23. The number of aryl methyl sites for hydroxylation is 2. The van der Waals surface area contributed by atoms with E-state index in [0.29, 0.717) is 15.9 Å². The second-order valence-electron chi connectivity index (χ2n) is 8.01. The lowest BCUT2D eigenvalue weighted by atomic mass is 9.97. The number of anilines is 1. The zero-order chi connectivity index (χ0) is 22.9. The van der Waals surface area contributed by atoms with E-state index in [9.17, 15) is 9.59 Å². The molecule has 0 unspecified atom stereocenters. The Morgan fingerprint density at radius 3 is 2.76 bits per heavy atom. The Morgan fingerprint density at radius 2 is 1.94 bits per heavy atom. The molecule has 5 rings (SSSR count). The highest BCUT2D eigenvalue weighted by molar-refractivity contribution is 7.99. The van der Waals surface area contributed by atoms with E-state index in [2.05, 4.69) is 5.32 Å². The van der Waals surface area contributed by atoms with Crippen LogP contribution in [0.15, 0.2) is 58.5 Å². The summed E-state index contributed by atoms with van der Waals surface area (Å²) in [5.41, 5.74) is 3.36. The second kappa shape index (κ2) is 9.33. The van der Waals surface area contributed by atoms with Gasteiger partial charge in [0.1, 0.15) is 4.83 Å². The number of carbonyl (C=O) groups is 1. The van der Waals surface area contributed by atoms with Gasteiger partial charge in [0.25, 0.3) is 5.56 Å². The number of aromatic nitrogens is 2. The maximum atomic E-state index is 13.7. The van der Waals surface area contributed by atoms with Gasteiger partial charge in [-0.15, -0.1) is 11.3 Å². The lowest BCUT2D eigenvalue weighted by molar-refractivity contribution is -0.113. The van der Waals surface area contributed by atoms with Crippen LogP contribution in [0.4, 0.5) is 5.69 Å². The second-order valence-corrected chi connectivity index (χ2v) is 10.4. The first-order valence-electron chi connectivity index (χ1n) is 10.8. The SMILES string of the molecule is Cc1c(Cl)cccc1NC(=O)CSc1nc2sc3c(c2c(=O)n1-c1ccccc1)CCCC3. The molecule has 0 fully saturated rings. The lowest BCUT2D eigenvalue weighted by Crippen LogP contribution is -2.23. The van der Waals surface area contributed by atoms with Gasteiger partial charge in [-0.2, -0.15) is 0 Å². The zero-order valence-corrected chi connectivity index (χ0v) is 20.4. The van der Waals surface area contributed by atoms with E-state index in [1.807, 2.05) is 43.3 Å². The monoisotopic (exact) mass is 495 g/mol. The van der Waals surface area contributed by atoms with Gasteiger partial charge in [0.05, 0.1) is 16.8 Å². The number of nitrogens with one attached hydrogen (secondary N) is 1. The first-order chi connectivity index (χ1) is 16.0. The van der Waals surface area contributed by atoms with Crippen molar-refractivity contribution in [3.8, 4) is 5.69 Å². The van der Waals surface area contributed by atoms with Crippen molar-refractivity contribution in [2.45, 2.75) is 37.8 Å². The van der Waals surface area contributed by atoms with Gasteiger partial charge >= 0.3 is 0 Å². The van der Waals surface area contributed by atoms with E-state index in [-0.39, 0.29) is 17.2 Å². The van der Waals surface area contributed by atoms with E-state index < -0.39 is 0 Å². The number of para-hydroxylation sites is 1. The average Bonchev–Trinajstić information content (AvgIpc) is 3.20. The fourth-order valence-electron chi connectivity index (χ4n) is 4.15. The Hall–Kier alpha value is -2.61. The van der Waals surface area contributed by atoms with Gasteiger partial charge in [-0.1, -0.05) is 47.6 Å². The minimum absolute atomic E-state index is 0.0563. The van der Waals surface area contributed by atoms with Crippen molar-refractivity contribution in [3.05, 3.63) is 79.9 Å².